The van der Waals surface area contributed by atoms with Crippen LogP contribution in [0.15, 0.2) is 0 Å². The molecule has 1 saturated carbocycles. The fraction of sp³-hybridized carbons (Fsp3) is 0.857. The zero-order chi connectivity index (χ0) is 19.1. The number of rotatable bonds is 4. The van der Waals surface area contributed by atoms with Gasteiger partial charge in [-0.2, -0.15) is 5.26 Å². The van der Waals surface area contributed by atoms with Gasteiger partial charge in [-0.25, -0.2) is 0 Å². The molecule has 0 atom stereocenters. The van der Waals surface area contributed by atoms with Crippen molar-refractivity contribution in [1.29, 1.82) is 5.26 Å². The van der Waals surface area contributed by atoms with Crippen molar-refractivity contribution in [3.8, 4) is 6.07 Å². The van der Waals surface area contributed by atoms with Crippen LogP contribution in [0.4, 0.5) is 0 Å². The number of carbonyl (C=O) groups excluding carboxylic acids is 2. The maximum Gasteiger partial charge on any atom is 0.235 e. The van der Waals surface area contributed by atoms with Crippen molar-refractivity contribution in [3.63, 3.8) is 0 Å². The summed E-state index contributed by atoms with van der Waals surface area (Å²) < 4.78 is 0. The smallest absolute Gasteiger partial charge is 0.235 e. The largest absolute Gasteiger partial charge is 0.342 e. The summed E-state index contributed by atoms with van der Waals surface area (Å²) in [5.74, 6) is 0.397. The van der Waals surface area contributed by atoms with Crippen LogP contribution in [-0.4, -0.2) is 59.9 Å². The number of nitriles is 1. The Labute approximate surface area is 163 Å². The number of hydrogen-bond acceptors (Lipinski definition) is 4. The van der Waals surface area contributed by atoms with Crippen molar-refractivity contribution in [3.05, 3.63) is 0 Å². The number of carbonyl (C=O) groups is 2. The Hall–Kier alpha value is -1.61. The Morgan fingerprint density at radius 2 is 1.52 bits per heavy atom. The first kappa shape index (κ1) is 20.1. The van der Waals surface area contributed by atoms with Crippen LogP contribution in [0.5, 0.6) is 0 Å². The number of nitrogens with zero attached hydrogens (tertiary/aromatic N) is 3. The third kappa shape index (κ3) is 5.44. The molecule has 0 aromatic carbocycles. The zero-order valence-corrected chi connectivity index (χ0v) is 16.5. The molecule has 3 rings (SSSR count). The van der Waals surface area contributed by atoms with Crippen LogP contribution in [0.1, 0.15) is 70.6 Å². The van der Waals surface area contributed by atoms with Crippen LogP contribution in [0.2, 0.25) is 0 Å². The highest BCUT2D eigenvalue weighted by Crippen LogP contribution is 2.27. The van der Waals surface area contributed by atoms with Crippen molar-refractivity contribution < 1.29 is 9.59 Å². The lowest BCUT2D eigenvalue weighted by molar-refractivity contribution is -0.137. The average Bonchev–Trinajstić information content (AvgIpc) is 2.98. The number of piperidine rings is 1. The summed E-state index contributed by atoms with van der Waals surface area (Å²) in [7, 11) is 0. The predicted octanol–water partition coefficient (Wildman–Crippen LogP) is 2.44. The van der Waals surface area contributed by atoms with E-state index in [0.29, 0.717) is 12.5 Å². The molecule has 0 spiro atoms. The van der Waals surface area contributed by atoms with E-state index < -0.39 is 5.54 Å². The molecule has 0 unspecified atom stereocenters. The Kier molecular flexibility index (Phi) is 7.12. The van der Waals surface area contributed by atoms with Crippen molar-refractivity contribution in [2.75, 3.05) is 32.7 Å². The second kappa shape index (κ2) is 9.54. The molecule has 27 heavy (non-hydrogen) atoms. The quantitative estimate of drug-likeness (QED) is 0.820. The van der Waals surface area contributed by atoms with Gasteiger partial charge < -0.3 is 10.2 Å². The molecule has 0 aromatic heterocycles. The lowest BCUT2D eigenvalue weighted by atomic mass is 9.83. The topological polar surface area (TPSA) is 76.4 Å². The minimum Gasteiger partial charge on any atom is -0.342 e. The number of hydrogen-bond donors (Lipinski definition) is 1. The van der Waals surface area contributed by atoms with Crippen molar-refractivity contribution in [1.82, 2.24) is 15.1 Å². The standard InChI is InChI=1S/C21H34N4O2/c22-17-21(10-4-3-5-11-21)23-19(26)16-24-14-8-18(9-15-24)20(27)25-12-6-1-2-7-13-25/h18H,1-16H2,(H,23,26). The molecule has 0 radical (unpaired) electrons. The summed E-state index contributed by atoms with van der Waals surface area (Å²) >= 11 is 0. The van der Waals surface area contributed by atoms with E-state index in [0.717, 1.165) is 84.0 Å². The van der Waals surface area contributed by atoms with E-state index in [-0.39, 0.29) is 11.8 Å². The SMILES string of the molecule is N#CC1(NC(=O)CN2CCC(C(=O)N3CCCCCC3)CC2)CCCCC1. The van der Waals surface area contributed by atoms with E-state index in [1.807, 2.05) is 0 Å². The fourth-order valence-electron chi connectivity index (χ4n) is 4.82. The lowest BCUT2D eigenvalue weighted by Gasteiger charge is -2.35. The highest BCUT2D eigenvalue weighted by molar-refractivity contribution is 5.80. The van der Waals surface area contributed by atoms with Gasteiger partial charge in [0.25, 0.3) is 0 Å². The summed E-state index contributed by atoms with van der Waals surface area (Å²) in [4.78, 5) is 29.4. The monoisotopic (exact) mass is 374 g/mol. The number of nitrogens with one attached hydrogen (secondary N) is 1. The minimum absolute atomic E-state index is 0.0456. The van der Waals surface area contributed by atoms with Gasteiger partial charge in [0, 0.05) is 19.0 Å². The first-order valence-electron chi connectivity index (χ1n) is 10.9. The molecule has 2 saturated heterocycles. The molecule has 150 valence electrons. The second-order valence-electron chi connectivity index (χ2n) is 8.59. The molecule has 6 nitrogen and oxygen atoms in total. The predicted molar refractivity (Wildman–Crippen MR) is 104 cm³/mol. The van der Waals surface area contributed by atoms with Gasteiger partial charge in [-0.05, 0) is 51.6 Å². The van der Waals surface area contributed by atoms with E-state index in [1.54, 1.807) is 0 Å². The van der Waals surface area contributed by atoms with Gasteiger partial charge in [0.2, 0.25) is 11.8 Å². The third-order valence-electron chi connectivity index (χ3n) is 6.52. The zero-order valence-electron chi connectivity index (χ0n) is 16.5. The molecular weight excluding hydrogens is 340 g/mol. The number of likely N-dealkylation sites (tertiary alicyclic amines) is 2. The van der Waals surface area contributed by atoms with Crippen molar-refractivity contribution in [2.24, 2.45) is 5.92 Å². The van der Waals surface area contributed by atoms with Crippen LogP contribution in [0, 0.1) is 17.2 Å². The summed E-state index contributed by atoms with van der Waals surface area (Å²) in [6.07, 6.45) is 11.1. The molecule has 0 bridgehead atoms. The Bertz CT molecular complexity index is 549. The van der Waals surface area contributed by atoms with E-state index in [4.69, 9.17) is 0 Å². The fourth-order valence-corrected chi connectivity index (χ4v) is 4.82. The van der Waals surface area contributed by atoms with Crippen LogP contribution in [0.3, 0.4) is 0 Å². The summed E-state index contributed by atoms with van der Waals surface area (Å²) in [6.45, 7) is 3.75. The minimum atomic E-state index is -0.656. The highest BCUT2D eigenvalue weighted by Gasteiger charge is 2.34. The van der Waals surface area contributed by atoms with Gasteiger partial charge in [0.15, 0.2) is 0 Å². The van der Waals surface area contributed by atoms with Gasteiger partial charge in [0.1, 0.15) is 5.54 Å². The molecule has 6 heteroatoms. The molecule has 2 aliphatic heterocycles. The maximum atomic E-state index is 12.8. The molecular formula is C21H34N4O2. The van der Waals surface area contributed by atoms with Gasteiger partial charge in [0.05, 0.1) is 12.6 Å². The normalized spacial score (nSPS) is 24.6. The molecule has 2 heterocycles. The second-order valence-corrected chi connectivity index (χ2v) is 8.59. The van der Waals surface area contributed by atoms with E-state index in [1.165, 1.54) is 12.8 Å². The van der Waals surface area contributed by atoms with Crippen LogP contribution in [-0.2, 0) is 9.59 Å². The van der Waals surface area contributed by atoms with Gasteiger partial charge in [-0.1, -0.05) is 32.1 Å². The Balaban J connectivity index is 1.43. The van der Waals surface area contributed by atoms with Gasteiger partial charge >= 0.3 is 0 Å². The third-order valence-corrected chi connectivity index (χ3v) is 6.52. The first-order chi connectivity index (χ1) is 13.1. The molecule has 1 aliphatic carbocycles. The number of amides is 2. The average molecular weight is 375 g/mol. The van der Waals surface area contributed by atoms with E-state index in [9.17, 15) is 14.9 Å². The molecule has 0 aromatic rings. The molecule has 3 aliphatic rings. The van der Waals surface area contributed by atoms with E-state index in [2.05, 4.69) is 21.2 Å². The highest BCUT2D eigenvalue weighted by atomic mass is 16.2. The maximum absolute atomic E-state index is 12.8. The lowest BCUT2D eigenvalue weighted by Crippen LogP contribution is -2.52. The van der Waals surface area contributed by atoms with E-state index >= 15 is 0 Å². The summed E-state index contributed by atoms with van der Waals surface area (Å²) in [5.41, 5.74) is -0.656. The van der Waals surface area contributed by atoms with Crippen molar-refractivity contribution >= 4 is 11.8 Å². The first-order valence-corrected chi connectivity index (χ1v) is 10.9. The Morgan fingerprint density at radius 1 is 0.926 bits per heavy atom. The van der Waals surface area contributed by atoms with Crippen LogP contribution in [0.25, 0.3) is 0 Å². The molecule has 1 N–H and O–H groups in total. The molecule has 3 fully saturated rings. The van der Waals surface area contributed by atoms with Gasteiger partial charge in [-0.15, -0.1) is 0 Å². The van der Waals surface area contributed by atoms with Crippen LogP contribution < -0.4 is 5.32 Å². The van der Waals surface area contributed by atoms with Gasteiger partial charge in [-0.3, -0.25) is 14.5 Å². The molecule has 2 amide bonds. The summed E-state index contributed by atoms with van der Waals surface area (Å²) in [6, 6.07) is 2.35. The Morgan fingerprint density at radius 3 is 2.11 bits per heavy atom. The van der Waals surface area contributed by atoms with Crippen LogP contribution >= 0.6 is 0 Å². The van der Waals surface area contributed by atoms with Crippen molar-refractivity contribution in [2.45, 2.75) is 76.2 Å². The summed E-state index contributed by atoms with van der Waals surface area (Å²) in [5, 5.41) is 12.5.